The Labute approximate surface area is 111 Å². The van der Waals surface area contributed by atoms with Crippen molar-refractivity contribution in [1.29, 1.82) is 0 Å². The number of piperidine rings is 1. The predicted molar refractivity (Wildman–Crippen MR) is 73.6 cm³/mol. The molecule has 1 heterocycles. The number of likely N-dealkylation sites (tertiary alicyclic amines) is 1. The smallest absolute Gasteiger partial charge is 0.323 e. The molecular weight excluding hydrogens is 228 g/mol. The van der Waals surface area contributed by atoms with E-state index in [9.17, 15) is 4.79 Å². The van der Waals surface area contributed by atoms with Gasteiger partial charge in [0, 0.05) is 13.1 Å². The van der Waals surface area contributed by atoms with Crippen molar-refractivity contribution >= 4 is 5.97 Å². The molecule has 0 aromatic carbocycles. The van der Waals surface area contributed by atoms with Crippen LogP contribution in [-0.2, 0) is 9.53 Å². The summed E-state index contributed by atoms with van der Waals surface area (Å²) in [5, 5.41) is 3.05. The van der Waals surface area contributed by atoms with Gasteiger partial charge < -0.3 is 15.0 Å². The Kier molecular flexibility index (Phi) is 6.09. The largest absolute Gasteiger partial charge is 0.465 e. The number of ether oxygens (including phenoxy) is 1. The third kappa shape index (κ3) is 4.94. The SMILES string of the molecule is CCOC(=O)C(CCN1CCCC(C)(C)C1)NC. The fourth-order valence-electron chi connectivity index (χ4n) is 2.67. The minimum atomic E-state index is -0.171. The number of rotatable bonds is 6. The van der Waals surface area contributed by atoms with E-state index in [1.54, 1.807) is 0 Å². The average Bonchev–Trinajstić information content (AvgIpc) is 2.29. The molecule has 0 spiro atoms. The molecule has 1 saturated heterocycles. The van der Waals surface area contributed by atoms with E-state index >= 15 is 0 Å². The van der Waals surface area contributed by atoms with E-state index in [1.165, 1.54) is 12.8 Å². The molecule has 1 aliphatic heterocycles. The van der Waals surface area contributed by atoms with E-state index in [4.69, 9.17) is 4.74 Å². The second-order valence-corrected chi connectivity index (χ2v) is 5.93. The van der Waals surface area contributed by atoms with E-state index in [-0.39, 0.29) is 12.0 Å². The Bertz CT molecular complexity index is 267. The lowest BCUT2D eigenvalue weighted by molar-refractivity contribution is -0.145. The van der Waals surface area contributed by atoms with Crippen LogP contribution in [0.4, 0.5) is 0 Å². The van der Waals surface area contributed by atoms with Crippen LogP contribution >= 0.6 is 0 Å². The van der Waals surface area contributed by atoms with Crippen LogP contribution in [0.1, 0.15) is 40.0 Å². The molecule has 4 nitrogen and oxygen atoms in total. The molecule has 106 valence electrons. The van der Waals surface area contributed by atoms with E-state index < -0.39 is 0 Å². The van der Waals surface area contributed by atoms with Crippen LogP contribution < -0.4 is 5.32 Å². The van der Waals surface area contributed by atoms with E-state index in [0.717, 1.165) is 26.1 Å². The molecule has 0 aliphatic carbocycles. The second kappa shape index (κ2) is 7.10. The summed E-state index contributed by atoms with van der Waals surface area (Å²) in [7, 11) is 1.82. The van der Waals surface area contributed by atoms with Crippen LogP contribution in [0.5, 0.6) is 0 Å². The number of hydrogen-bond donors (Lipinski definition) is 1. The van der Waals surface area contributed by atoms with Crippen molar-refractivity contribution in [2.75, 3.05) is 33.3 Å². The van der Waals surface area contributed by atoms with Crippen LogP contribution in [0.25, 0.3) is 0 Å². The Morgan fingerprint density at radius 1 is 1.50 bits per heavy atom. The normalized spacial score (nSPS) is 21.6. The molecule has 1 rings (SSSR count). The van der Waals surface area contributed by atoms with Crippen molar-refractivity contribution in [2.24, 2.45) is 5.41 Å². The van der Waals surface area contributed by atoms with Gasteiger partial charge in [-0.15, -0.1) is 0 Å². The molecule has 1 N–H and O–H groups in total. The third-order valence-electron chi connectivity index (χ3n) is 3.63. The molecule has 18 heavy (non-hydrogen) atoms. The second-order valence-electron chi connectivity index (χ2n) is 5.93. The zero-order valence-electron chi connectivity index (χ0n) is 12.3. The molecule has 4 heteroatoms. The maximum absolute atomic E-state index is 11.7. The summed E-state index contributed by atoms with van der Waals surface area (Å²) < 4.78 is 5.06. The number of nitrogens with zero attached hydrogens (tertiary/aromatic N) is 1. The van der Waals surface area contributed by atoms with E-state index in [1.807, 2.05) is 14.0 Å². The Balaban J connectivity index is 2.36. The molecule has 1 unspecified atom stereocenters. The van der Waals surface area contributed by atoms with Crippen molar-refractivity contribution < 1.29 is 9.53 Å². The standard InChI is InChI=1S/C14H28N2O2/c1-5-18-13(17)12(15-4)7-10-16-9-6-8-14(2,3)11-16/h12,15H,5-11H2,1-4H3. The first-order valence-electron chi connectivity index (χ1n) is 7.05. The lowest BCUT2D eigenvalue weighted by atomic mass is 9.84. The molecule has 0 radical (unpaired) electrons. The number of carbonyl (C=O) groups excluding carboxylic acids is 1. The Morgan fingerprint density at radius 3 is 2.78 bits per heavy atom. The van der Waals surface area contributed by atoms with Gasteiger partial charge in [0.25, 0.3) is 0 Å². The summed E-state index contributed by atoms with van der Waals surface area (Å²) in [5.41, 5.74) is 0.414. The van der Waals surface area contributed by atoms with Crippen molar-refractivity contribution in [3.05, 3.63) is 0 Å². The maximum atomic E-state index is 11.7. The number of nitrogens with one attached hydrogen (secondary N) is 1. The number of likely N-dealkylation sites (N-methyl/N-ethyl adjacent to an activating group) is 1. The van der Waals surface area contributed by atoms with Gasteiger partial charge in [0.05, 0.1) is 6.61 Å². The van der Waals surface area contributed by atoms with Gasteiger partial charge in [-0.1, -0.05) is 13.8 Å². The maximum Gasteiger partial charge on any atom is 0.323 e. The van der Waals surface area contributed by atoms with Gasteiger partial charge in [-0.2, -0.15) is 0 Å². The first kappa shape index (κ1) is 15.4. The van der Waals surface area contributed by atoms with Gasteiger partial charge >= 0.3 is 5.97 Å². The van der Waals surface area contributed by atoms with E-state index in [2.05, 4.69) is 24.1 Å². The van der Waals surface area contributed by atoms with E-state index in [0.29, 0.717) is 12.0 Å². The van der Waals surface area contributed by atoms with Crippen molar-refractivity contribution in [2.45, 2.75) is 46.1 Å². The quantitative estimate of drug-likeness (QED) is 0.734. The minimum Gasteiger partial charge on any atom is -0.465 e. The molecule has 0 bridgehead atoms. The zero-order valence-corrected chi connectivity index (χ0v) is 12.3. The highest BCUT2D eigenvalue weighted by Gasteiger charge is 2.27. The summed E-state index contributed by atoms with van der Waals surface area (Å²) in [6.45, 7) is 10.2. The fourth-order valence-corrected chi connectivity index (χ4v) is 2.67. The first-order chi connectivity index (χ1) is 8.48. The molecule has 0 saturated carbocycles. The summed E-state index contributed by atoms with van der Waals surface area (Å²) in [6, 6.07) is -0.171. The molecule has 0 aromatic rings. The fraction of sp³-hybridized carbons (Fsp3) is 0.929. The molecular formula is C14H28N2O2. The molecule has 1 aliphatic rings. The number of hydrogen-bond acceptors (Lipinski definition) is 4. The highest BCUT2D eigenvalue weighted by molar-refractivity contribution is 5.75. The van der Waals surface area contributed by atoms with Gasteiger partial charge in [-0.3, -0.25) is 4.79 Å². The summed E-state index contributed by atoms with van der Waals surface area (Å²) in [6.07, 6.45) is 3.39. The average molecular weight is 256 g/mol. The van der Waals surface area contributed by atoms with Crippen LogP contribution in [-0.4, -0.2) is 50.2 Å². The van der Waals surface area contributed by atoms with Gasteiger partial charge in [-0.05, 0) is 45.2 Å². The van der Waals surface area contributed by atoms with Crippen molar-refractivity contribution in [1.82, 2.24) is 10.2 Å². The van der Waals surface area contributed by atoms with Gasteiger partial charge in [0.2, 0.25) is 0 Å². The Hall–Kier alpha value is -0.610. The summed E-state index contributed by atoms with van der Waals surface area (Å²) >= 11 is 0. The third-order valence-corrected chi connectivity index (χ3v) is 3.63. The van der Waals surface area contributed by atoms with Crippen LogP contribution in [0.3, 0.4) is 0 Å². The summed E-state index contributed by atoms with van der Waals surface area (Å²) in [5.74, 6) is -0.128. The first-order valence-corrected chi connectivity index (χ1v) is 7.05. The lowest BCUT2D eigenvalue weighted by Crippen LogP contribution is -2.44. The molecule has 0 aromatic heterocycles. The molecule has 0 amide bonds. The highest BCUT2D eigenvalue weighted by atomic mass is 16.5. The predicted octanol–water partition coefficient (Wildman–Crippen LogP) is 1.65. The number of carbonyl (C=O) groups is 1. The lowest BCUT2D eigenvalue weighted by Gasteiger charge is -2.38. The zero-order chi connectivity index (χ0) is 13.6. The van der Waals surface area contributed by atoms with Crippen LogP contribution in [0.15, 0.2) is 0 Å². The number of esters is 1. The van der Waals surface area contributed by atoms with Gasteiger partial charge in [0.1, 0.15) is 6.04 Å². The molecule has 1 atom stereocenters. The van der Waals surface area contributed by atoms with Crippen molar-refractivity contribution in [3.8, 4) is 0 Å². The minimum absolute atomic E-state index is 0.128. The Morgan fingerprint density at radius 2 is 2.22 bits per heavy atom. The van der Waals surface area contributed by atoms with Crippen molar-refractivity contribution in [3.63, 3.8) is 0 Å². The summed E-state index contributed by atoms with van der Waals surface area (Å²) in [4.78, 5) is 14.1. The van der Waals surface area contributed by atoms with Crippen LogP contribution in [0.2, 0.25) is 0 Å². The van der Waals surface area contributed by atoms with Gasteiger partial charge in [0.15, 0.2) is 0 Å². The molecule has 1 fully saturated rings. The van der Waals surface area contributed by atoms with Gasteiger partial charge in [-0.25, -0.2) is 0 Å². The highest BCUT2D eigenvalue weighted by Crippen LogP contribution is 2.28. The topological polar surface area (TPSA) is 41.6 Å². The monoisotopic (exact) mass is 256 g/mol. The van der Waals surface area contributed by atoms with Crippen LogP contribution in [0, 0.1) is 5.41 Å².